The number of rotatable bonds is 7. The molecule has 8 nitrogen and oxygen atoms in total. The van der Waals surface area contributed by atoms with Gasteiger partial charge in [0.25, 0.3) is 0 Å². The Morgan fingerprint density at radius 2 is 1.56 bits per heavy atom. The predicted octanol–water partition coefficient (Wildman–Crippen LogP) is 3.84. The minimum atomic E-state index is -0.995. The lowest BCUT2D eigenvalue weighted by Gasteiger charge is -2.38. The number of Topliss-reactive ketones (excluding diaryl/α,β-unsaturated/α-hetero) is 1. The molecule has 0 unspecified atom stereocenters. The standard InChI is InChI=1S/C23H39BrN2O6/c1-13(2)10-16(25-14(3)27)19-15(18(28)12-24)11-17(20(29)31-22(4,5)6)26(19)21(30)32-23(7,8)9/h13,15-17,19H,10-12H2,1-9H3,(H,25,27)/t15-,16-,17+,19+/m0/s1. The molecule has 0 spiro atoms. The normalized spacial score (nSPS) is 22.5. The molecule has 0 saturated carbocycles. The molecule has 1 heterocycles. The number of alkyl halides is 1. The minimum absolute atomic E-state index is 0.0752. The van der Waals surface area contributed by atoms with Crippen LogP contribution >= 0.6 is 15.9 Å². The summed E-state index contributed by atoms with van der Waals surface area (Å²) in [7, 11) is 0. The van der Waals surface area contributed by atoms with Crippen molar-refractivity contribution in [2.45, 2.75) is 104 Å². The Balaban J connectivity index is 3.57. The van der Waals surface area contributed by atoms with E-state index in [1.54, 1.807) is 41.5 Å². The van der Waals surface area contributed by atoms with E-state index < -0.39 is 47.3 Å². The Morgan fingerprint density at radius 3 is 1.97 bits per heavy atom. The number of ether oxygens (including phenoxy) is 2. The second-order valence-electron chi connectivity index (χ2n) is 10.8. The molecule has 1 N–H and O–H groups in total. The van der Waals surface area contributed by atoms with Gasteiger partial charge in [-0.3, -0.25) is 14.5 Å². The molecule has 1 aliphatic rings. The number of halogens is 1. The highest BCUT2D eigenvalue weighted by molar-refractivity contribution is 9.09. The van der Waals surface area contributed by atoms with E-state index in [-0.39, 0.29) is 29.4 Å². The maximum atomic E-state index is 13.3. The van der Waals surface area contributed by atoms with Gasteiger partial charge in [-0.05, 0) is 60.3 Å². The summed E-state index contributed by atoms with van der Waals surface area (Å²) >= 11 is 3.23. The molecule has 32 heavy (non-hydrogen) atoms. The van der Waals surface area contributed by atoms with E-state index >= 15 is 0 Å². The van der Waals surface area contributed by atoms with Crippen molar-refractivity contribution in [1.29, 1.82) is 0 Å². The molecule has 0 aromatic rings. The lowest BCUT2D eigenvalue weighted by atomic mass is 9.86. The molecule has 0 aromatic carbocycles. The number of ketones is 1. The maximum absolute atomic E-state index is 13.3. The third kappa shape index (κ3) is 8.37. The molecule has 0 aliphatic carbocycles. The molecular weight excluding hydrogens is 480 g/mol. The molecule has 0 radical (unpaired) electrons. The van der Waals surface area contributed by atoms with Crippen LogP contribution < -0.4 is 5.32 Å². The van der Waals surface area contributed by atoms with Gasteiger partial charge in [-0.25, -0.2) is 9.59 Å². The van der Waals surface area contributed by atoms with Gasteiger partial charge < -0.3 is 14.8 Å². The summed E-state index contributed by atoms with van der Waals surface area (Å²) in [6, 6.07) is -2.26. The van der Waals surface area contributed by atoms with Crippen molar-refractivity contribution < 1.29 is 28.7 Å². The first-order chi connectivity index (χ1) is 14.5. The van der Waals surface area contributed by atoms with Gasteiger partial charge in [0, 0.05) is 12.8 Å². The first-order valence-corrected chi connectivity index (χ1v) is 12.2. The minimum Gasteiger partial charge on any atom is -0.458 e. The summed E-state index contributed by atoms with van der Waals surface area (Å²) in [4.78, 5) is 52.7. The molecule has 1 rings (SSSR count). The van der Waals surface area contributed by atoms with Gasteiger partial charge in [-0.2, -0.15) is 0 Å². The Bertz CT molecular complexity index is 710. The average Bonchev–Trinajstić information content (AvgIpc) is 2.97. The molecule has 1 fully saturated rings. The van der Waals surface area contributed by atoms with E-state index in [4.69, 9.17) is 9.47 Å². The van der Waals surface area contributed by atoms with Crippen molar-refractivity contribution in [2.75, 3.05) is 5.33 Å². The molecular formula is C23H39BrN2O6. The summed E-state index contributed by atoms with van der Waals surface area (Å²) in [6.07, 6.45) is -0.0731. The van der Waals surface area contributed by atoms with E-state index in [0.29, 0.717) is 6.42 Å². The number of hydrogen-bond acceptors (Lipinski definition) is 6. The number of carbonyl (C=O) groups excluding carboxylic acids is 4. The van der Waals surface area contributed by atoms with Gasteiger partial charge in [0.15, 0.2) is 0 Å². The van der Waals surface area contributed by atoms with Crippen LogP contribution in [0.1, 0.15) is 75.2 Å². The van der Waals surface area contributed by atoms with Crippen LogP contribution in [0.5, 0.6) is 0 Å². The van der Waals surface area contributed by atoms with Crippen LogP contribution in [0.4, 0.5) is 4.79 Å². The van der Waals surface area contributed by atoms with Crippen molar-refractivity contribution in [2.24, 2.45) is 11.8 Å². The largest absolute Gasteiger partial charge is 0.458 e. The number of likely N-dealkylation sites (tertiary alicyclic amines) is 1. The Kier molecular flexibility index (Phi) is 9.75. The van der Waals surface area contributed by atoms with Crippen LogP contribution in [0.3, 0.4) is 0 Å². The number of esters is 1. The van der Waals surface area contributed by atoms with Crippen LogP contribution in [0, 0.1) is 11.8 Å². The predicted molar refractivity (Wildman–Crippen MR) is 125 cm³/mol. The van der Waals surface area contributed by atoms with E-state index in [1.165, 1.54) is 11.8 Å². The highest BCUT2D eigenvalue weighted by Crippen LogP contribution is 2.37. The van der Waals surface area contributed by atoms with Crippen LogP contribution in [-0.2, 0) is 23.9 Å². The topological polar surface area (TPSA) is 102 Å². The highest BCUT2D eigenvalue weighted by Gasteiger charge is 2.54. The summed E-state index contributed by atoms with van der Waals surface area (Å²) in [5.41, 5.74) is -1.57. The first-order valence-electron chi connectivity index (χ1n) is 11.1. The zero-order chi connectivity index (χ0) is 25.0. The highest BCUT2D eigenvalue weighted by atomic mass is 79.9. The third-order valence-corrected chi connectivity index (χ3v) is 5.45. The van der Waals surface area contributed by atoms with Crippen molar-refractivity contribution in [3.63, 3.8) is 0 Å². The monoisotopic (exact) mass is 518 g/mol. The van der Waals surface area contributed by atoms with Crippen LogP contribution in [0.2, 0.25) is 0 Å². The molecule has 2 amide bonds. The molecule has 0 bridgehead atoms. The molecule has 4 atom stereocenters. The first kappa shape index (κ1) is 28.4. The van der Waals surface area contributed by atoms with Gasteiger partial charge in [0.2, 0.25) is 5.91 Å². The van der Waals surface area contributed by atoms with Gasteiger partial charge >= 0.3 is 12.1 Å². The van der Waals surface area contributed by atoms with E-state index in [1.807, 2.05) is 13.8 Å². The van der Waals surface area contributed by atoms with E-state index in [0.717, 1.165) is 0 Å². The van der Waals surface area contributed by atoms with Gasteiger partial charge in [-0.1, -0.05) is 29.8 Å². The fourth-order valence-corrected chi connectivity index (χ4v) is 4.40. The Hall–Kier alpha value is -1.64. The third-order valence-electron chi connectivity index (χ3n) is 4.90. The molecule has 0 aromatic heterocycles. The van der Waals surface area contributed by atoms with Gasteiger partial charge in [0.1, 0.15) is 23.0 Å². The second-order valence-corrected chi connectivity index (χ2v) is 11.4. The summed E-state index contributed by atoms with van der Waals surface area (Å²) in [6.45, 7) is 15.8. The fourth-order valence-electron chi connectivity index (χ4n) is 3.99. The fraction of sp³-hybridized carbons (Fsp3) is 0.826. The Labute approximate surface area is 200 Å². The molecule has 9 heteroatoms. The smallest absolute Gasteiger partial charge is 0.411 e. The number of nitrogens with one attached hydrogen (secondary N) is 1. The molecule has 1 saturated heterocycles. The second kappa shape index (κ2) is 11.0. The Morgan fingerprint density at radius 1 is 1.03 bits per heavy atom. The van der Waals surface area contributed by atoms with Crippen LogP contribution in [-0.4, -0.2) is 63.3 Å². The van der Waals surface area contributed by atoms with Gasteiger partial charge in [0.05, 0.1) is 17.4 Å². The molecule has 184 valence electrons. The summed E-state index contributed by atoms with van der Waals surface area (Å²) in [5, 5.41) is 2.98. The van der Waals surface area contributed by atoms with Crippen molar-refractivity contribution in [3.8, 4) is 0 Å². The lowest BCUT2D eigenvalue weighted by molar-refractivity contribution is -0.160. The number of hydrogen-bond donors (Lipinski definition) is 1. The molecule has 1 aliphatic heterocycles. The van der Waals surface area contributed by atoms with Crippen LogP contribution in [0.15, 0.2) is 0 Å². The zero-order valence-corrected chi connectivity index (χ0v) is 22.4. The van der Waals surface area contributed by atoms with Crippen molar-refractivity contribution >= 4 is 39.7 Å². The maximum Gasteiger partial charge on any atom is 0.411 e. The summed E-state index contributed by atoms with van der Waals surface area (Å²) < 4.78 is 11.2. The van der Waals surface area contributed by atoms with Crippen molar-refractivity contribution in [1.82, 2.24) is 10.2 Å². The SMILES string of the molecule is CC(=O)N[C@@H](CC(C)C)[C@H]1[C@H](C(=O)CBr)C[C@H](C(=O)OC(C)(C)C)N1C(=O)OC(C)(C)C. The lowest BCUT2D eigenvalue weighted by Crippen LogP contribution is -2.57. The summed E-state index contributed by atoms with van der Waals surface area (Å²) in [5.74, 6) is -1.49. The van der Waals surface area contributed by atoms with Crippen LogP contribution in [0.25, 0.3) is 0 Å². The quantitative estimate of drug-likeness (QED) is 0.405. The average molecular weight is 519 g/mol. The van der Waals surface area contributed by atoms with E-state index in [2.05, 4.69) is 21.2 Å². The number of nitrogens with zero attached hydrogens (tertiary/aromatic N) is 1. The van der Waals surface area contributed by atoms with E-state index in [9.17, 15) is 19.2 Å². The number of carbonyl (C=O) groups is 4. The van der Waals surface area contributed by atoms with Crippen molar-refractivity contribution in [3.05, 3.63) is 0 Å². The van der Waals surface area contributed by atoms with Gasteiger partial charge in [-0.15, -0.1) is 0 Å². The zero-order valence-electron chi connectivity index (χ0n) is 20.8. The number of amides is 2.